The Balaban J connectivity index is 1.82. The van der Waals surface area contributed by atoms with Crippen molar-refractivity contribution in [2.45, 2.75) is 45.6 Å². The summed E-state index contributed by atoms with van der Waals surface area (Å²) in [5, 5.41) is 8.46. The lowest BCUT2D eigenvalue weighted by atomic mass is 9.86. The highest BCUT2D eigenvalue weighted by molar-refractivity contribution is 5.97. The number of pyridine rings is 1. The molecule has 0 aromatic carbocycles. The van der Waals surface area contributed by atoms with Crippen LogP contribution in [0.15, 0.2) is 12.3 Å². The molecule has 0 aliphatic heterocycles. The molecule has 0 bridgehead atoms. The van der Waals surface area contributed by atoms with E-state index >= 15 is 0 Å². The molecule has 2 aromatic rings. The number of nitrogens with one attached hydrogen (secondary N) is 1. The molecule has 2 aromatic heterocycles. The number of carbonyl (C=O) groups is 1. The summed E-state index contributed by atoms with van der Waals surface area (Å²) in [6.45, 7) is 4.16. The Kier molecular flexibility index (Phi) is 3.66. The second-order valence-corrected chi connectivity index (χ2v) is 6.15. The Morgan fingerprint density at radius 1 is 1.38 bits per heavy atom. The van der Waals surface area contributed by atoms with Gasteiger partial charge in [0.05, 0.1) is 11.3 Å². The zero-order valence-corrected chi connectivity index (χ0v) is 12.9. The van der Waals surface area contributed by atoms with Crippen LogP contribution in [0.1, 0.15) is 48.7 Å². The number of aryl methyl sites for hydroxylation is 2. The summed E-state index contributed by atoms with van der Waals surface area (Å²) in [7, 11) is 1.87. The van der Waals surface area contributed by atoms with Gasteiger partial charge in [-0.2, -0.15) is 5.10 Å². The van der Waals surface area contributed by atoms with Crippen LogP contribution in [0.4, 0.5) is 0 Å². The van der Waals surface area contributed by atoms with Gasteiger partial charge in [0.25, 0.3) is 5.91 Å². The van der Waals surface area contributed by atoms with Crippen molar-refractivity contribution in [3.8, 4) is 0 Å². The molecule has 1 fully saturated rings. The quantitative estimate of drug-likeness (QED) is 0.923. The predicted molar refractivity (Wildman–Crippen MR) is 82.1 cm³/mol. The monoisotopic (exact) mass is 286 g/mol. The zero-order valence-electron chi connectivity index (χ0n) is 12.9. The first-order chi connectivity index (χ1) is 10.1. The molecule has 5 heteroatoms. The van der Waals surface area contributed by atoms with Crippen molar-refractivity contribution in [3.63, 3.8) is 0 Å². The van der Waals surface area contributed by atoms with Gasteiger partial charge in [0.2, 0.25) is 0 Å². The topological polar surface area (TPSA) is 59.8 Å². The van der Waals surface area contributed by atoms with Gasteiger partial charge in [0.1, 0.15) is 0 Å². The molecule has 2 heterocycles. The lowest BCUT2D eigenvalue weighted by Crippen LogP contribution is -2.41. The standard InChI is InChI=1S/C16H22N4O/c1-10-6-4-5-7-14(10)18-16(21)12-8-13-11(2)19-20(3)15(13)17-9-12/h8-10,14H,4-7H2,1-3H3,(H,18,21). The Labute approximate surface area is 124 Å². The normalized spacial score (nSPS) is 22.4. The highest BCUT2D eigenvalue weighted by atomic mass is 16.1. The lowest BCUT2D eigenvalue weighted by molar-refractivity contribution is 0.0910. The molecule has 21 heavy (non-hydrogen) atoms. The average Bonchev–Trinajstić information content (AvgIpc) is 2.76. The third-order valence-corrected chi connectivity index (χ3v) is 4.55. The van der Waals surface area contributed by atoms with Gasteiger partial charge in [0, 0.05) is 24.7 Å². The van der Waals surface area contributed by atoms with Crippen molar-refractivity contribution in [1.82, 2.24) is 20.1 Å². The highest BCUT2D eigenvalue weighted by Crippen LogP contribution is 2.24. The van der Waals surface area contributed by atoms with Gasteiger partial charge in [-0.25, -0.2) is 4.98 Å². The number of fused-ring (bicyclic) bond motifs is 1. The molecule has 112 valence electrons. The van der Waals surface area contributed by atoms with Gasteiger partial charge in [-0.1, -0.05) is 19.8 Å². The van der Waals surface area contributed by atoms with Crippen LogP contribution in [0, 0.1) is 12.8 Å². The number of carbonyl (C=O) groups excluding carboxylic acids is 1. The summed E-state index contributed by atoms with van der Waals surface area (Å²) in [5.74, 6) is 0.533. The van der Waals surface area contributed by atoms with Crippen LogP contribution in [0.3, 0.4) is 0 Å². The molecule has 2 atom stereocenters. The molecule has 1 amide bonds. The smallest absolute Gasteiger partial charge is 0.253 e. The van der Waals surface area contributed by atoms with E-state index in [1.165, 1.54) is 19.3 Å². The maximum atomic E-state index is 12.4. The van der Waals surface area contributed by atoms with Crippen molar-refractivity contribution in [1.29, 1.82) is 0 Å². The fourth-order valence-corrected chi connectivity index (χ4v) is 3.21. The maximum absolute atomic E-state index is 12.4. The van der Waals surface area contributed by atoms with Crippen molar-refractivity contribution >= 4 is 16.9 Å². The summed E-state index contributed by atoms with van der Waals surface area (Å²) in [5.41, 5.74) is 2.34. The van der Waals surface area contributed by atoms with Crippen molar-refractivity contribution in [2.24, 2.45) is 13.0 Å². The fraction of sp³-hybridized carbons (Fsp3) is 0.562. The SMILES string of the molecule is Cc1nn(C)c2ncc(C(=O)NC3CCCCC3C)cc12. The summed E-state index contributed by atoms with van der Waals surface area (Å²) in [6.07, 6.45) is 6.40. The lowest BCUT2D eigenvalue weighted by Gasteiger charge is -2.29. The number of hydrogen-bond acceptors (Lipinski definition) is 3. The molecule has 2 unspecified atom stereocenters. The van der Waals surface area contributed by atoms with Gasteiger partial charge < -0.3 is 5.32 Å². The van der Waals surface area contributed by atoms with Gasteiger partial charge in [-0.3, -0.25) is 9.48 Å². The van der Waals surface area contributed by atoms with E-state index in [4.69, 9.17) is 0 Å². The molecule has 0 radical (unpaired) electrons. The molecule has 1 aliphatic rings. The Morgan fingerprint density at radius 3 is 2.90 bits per heavy atom. The maximum Gasteiger partial charge on any atom is 0.253 e. The Bertz CT molecular complexity index is 676. The summed E-state index contributed by atoms with van der Waals surface area (Å²) in [6, 6.07) is 2.19. The second-order valence-electron chi connectivity index (χ2n) is 6.15. The third-order valence-electron chi connectivity index (χ3n) is 4.55. The van der Waals surface area contributed by atoms with Crippen LogP contribution < -0.4 is 5.32 Å². The number of amides is 1. The number of hydrogen-bond donors (Lipinski definition) is 1. The van der Waals surface area contributed by atoms with Crippen LogP contribution in [0.25, 0.3) is 11.0 Å². The Hall–Kier alpha value is -1.91. The van der Waals surface area contributed by atoms with E-state index in [0.29, 0.717) is 11.5 Å². The minimum Gasteiger partial charge on any atom is -0.349 e. The van der Waals surface area contributed by atoms with Crippen LogP contribution in [-0.4, -0.2) is 26.7 Å². The van der Waals surface area contributed by atoms with Gasteiger partial charge in [-0.15, -0.1) is 0 Å². The van der Waals surface area contributed by atoms with Crippen LogP contribution in [-0.2, 0) is 7.05 Å². The van der Waals surface area contributed by atoms with Crippen molar-refractivity contribution < 1.29 is 4.79 Å². The van der Waals surface area contributed by atoms with Gasteiger partial charge in [-0.05, 0) is 31.7 Å². The van der Waals surface area contributed by atoms with E-state index in [1.54, 1.807) is 10.9 Å². The molecule has 1 aliphatic carbocycles. The van der Waals surface area contributed by atoms with E-state index in [-0.39, 0.29) is 11.9 Å². The molecule has 5 nitrogen and oxygen atoms in total. The van der Waals surface area contributed by atoms with Gasteiger partial charge >= 0.3 is 0 Å². The second kappa shape index (κ2) is 5.47. The molecular formula is C16H22N4O. The minimum atomic E-state index is -0.0218. The molecule has 0 saturated heterocycles. The molecule has 1 saturated carbocycles. The fourth-order valence-electron chi connectivity index (χ4n) is 3.21. The number of aromatic nitrogens is 3. The zero-order chi connectivity index (χ0) is 15.0. The van der Waals surface area contributed by atoms with Crippen LogP contribution >= 0.6 is 0 Å². The summed E-state index contributed by atoms with van der Waals surface area (Å²) in [4.78, 5) is 16.8. The largest absolute Gasteiger partial charge is 0.349 e. The predicted octanol–water partition coefficient (Wildman–Crippen LogP) is 2.59. The summed E-state index contributed by atoms with van der Waals surface area (Å²) < 4.78 is 1.75. The van der Waals surface area contributed by atoms with E-state index in [1.807, 2.05) is 20.0 Å². The summed E-state index contributed by atoms with van der Waals surface area (Å²) >= 11 is 0. The molecule has 0 spiro atoms. The number of nitrogens with zero attached hydrogens (tertiary/aromatic N) is 3. The molecule has 3 rings (SSSR count). The Morgan fingerprint density at radius 2 is 2.14 bits per heavy atom. The van der Waals surface area contributed by atoms with E-state index in [0.717, 1.165) is 23.1 Å². The van der Waals surface area contributed by atoms with E-state index < -0.39 is 0 Å². The average molecular weight is 286 g/mol. The highest BCUT2D eigenvalue weighted by Gasteiger charge is 2.23. The minimum absolute atomic E-state index is 0.0218. The first kappa shape index (κ1) is 14.0. The third kappa shape index (κ3) is 2.64. The molecular weight excluding hydrogens is 264 g/mol. The van der Waals surface area contributed by atoms with Crippen LogP contribution in [0.2, 0.25) is 0 Å². The van der Waals surface area contributed by atoms with Crippen LogP contribution in [0.5, 0.6) is 0 Å². The van der Waals surface area contributed by atoms with E-state index in [2.05, 4.69) is 22.3 Å². The number of rotatable bonds is 2. The van der Waals surface area contributed by atoms with E-state index in [9.17, 15) is 4.79 Å². The first-order valence-corrected chi connectivity index (χ1v) is 7.66. The molecule has 1 N–H and O–H groups in total. The first-order valence-electron chi connectivity index (χ1n) is 7.66. The van der Waals surface area contributed by atoms with Crippen molar-refractivity contribution in [2.75, 3.05) is 0 Å². The van der Waals surface area contributed by atoms with Crippen molar-refractivity contribution in [3.05, 3.63) is 23.5 Å². The van der Waals surface area contributed by atoms with Gasteiger partial charge in [0.15, 0.2) is 5.65 Å².